The zero-order valence-electron chi connectivity index (χ0n) is 8.57. The van der Waals surface area contributed by atoms with E-state index in [0.717, 1.165) is 11.6 Å². The molecule has 3 nitrogen and oxygen atoms in total. The van der Waals surface area contributed by atoms with Gasteiger partial charge in [0, 0.05) is 12.5 Å². The highest BCUT2D eigenvalue weighted by molar-refractivity contribution is 5.39. The molecule has 2 aliphatic rings. The second-order valence-corrected chi connectivity index (χ2v) is 4.16. The molecule has 1 aromatic carbocycles. The van der Waals surface area contributed by atoms with Gasteiger partial charge in [-0.25, -0.2) is 4.39 Å². The van der Waals surface area contributed by atoms with Gasteiger partial charge < -0.3 is 14.6 Å². The molecule has 1 N–H and O–H groups in total. The molecule has 1 aliphatic carbocycles. The number of halogens is 1. The zero-order valence-corrected chi connectivity index (χ0v) is 8.57. The van der Waals surface area contributed by atoms with Gasteiger partial charge in [-0.3, -0.25) is 0 Å². The van der Waals surface area contributed by atoms with Crippen LogP contribution in [0.25, 0.3) is 0 Å². The van der Waals surface area contributed by atoms with Crippen molar-refractivity contribution in [1.29, 1.82) is 0 Å². The smallest absolute Gasteiger partial charge is 0.254 e. The lowest BCUT2D eigenvalue weighted by Gasteiger charge is -2.32. The third kappa shape index (κ3) is 1.33. The topological polar surface area (TPSA) is 38.7 Å². The quantitative estimate of drug-likeness (QED) is 0.731. The molecule has 0 atom stereocenters. The van der Waals surface area contributed by atoms with Gasteiger partial charge in [0.05, 0.1) is 6.42 Å². The highest BCUT2D eigenvalue weighted by atomic mass is 19.1. The molecular formula is C12H11FO3. The molecular weight excluding hydrogens is 211 g/mol. The number of hydrogen-bond donors (Lipinski definition) is 1. The fourth-order valence-corrected chi connectivity index (χ4v) is 2.31. The Bertz CT molecular complexity index is 460. The van der Waals surface area contributed by atoms with E-state index >= 15 is 0 Å². The van der Waals surface area contributed by atoms with Crippen LogP contribution in [0, 0.1) is 5.82 Å². The van der Waals surface area contributed by atoms with Crippen molar-refractivity contribution in [2.45, 2.75) is 25.0 Å². The van der Waals surface area contributed by atoms with Crippen LogP contribution < -0.4 is 0 Å². The van der Waals surface area contributed by atoms with E-state index < -0.39 is 11.6 Å². The first-order valence-corrected chi connectivity index (χ1v) is 5.19. The average molecular weight is 222 g/mol. The first-order valence-electron chi connectivity index (χ1n) is 5.19. The molecule has 84 valence electrons. The van der Waals surface area contributed by atoms with Crippen LogP contribution in [0.1, 0.15) is 17.5 Å². The molecule has 4 heteroatoms. The molecule has 0 amide bonds. The summed E-state index contributed by atoms with van der Waals surface area (Å²) in [7, 11) is 0. The van der Waals surface area contributed by atoms with Crippen LogP contribution >= 0.6 is 0 Å². The summed E-state index contributed by atoms with van der Waals surface area (Å²) in [5, 5.41) is 9.31. The average Bonchev–Trinajstić information content (AvgIpc) is 2.68. The Hall–Kier alpha value is -1.71. The van der Waals surface area contributed by atoms with E-state index in [1.807, 2.05) is 0 Å². The predicted octanol–water partition coefficient (Wildman–Crippen LogP) is 2.23. The molecule has 1 spiro atoms. The van der Waals surface area contributed by atoms with Crippen LogP contribution in [0.2, 0.25) is 0 Å². The maximum Gasteiger partial charge on any atom is 0.254 e. The number of rotatable bonds is 0. The maximum absolute atomic E-state index is 13.7. The summed E-state index contributed by atoms with van der Waals surface area (Å²) < 4.78 is 24.5. The molecule has 1 aromatic rings. The van der Waals surface area contributed by atoms with Crippen molar-refractivity contribution in [2.75, 3.05) is 0 Å². The van der Waals surface area contributed by atoms with Crippen molar-refractivity contribution < 1.29 is 19.0 Å². The van der Waals surface area contributed by atoms with Gasteiger partial charge in [-0.1, -0.05) is 0 Å². The standard InChI is InChI=1S/C12H11FO3/c13-11-6-9(14)5-8-1-2-12(7-10(8)11)15-3-4-16-12/h3-6,14H,1-2,7H2. The van der Waals surface area contributed by atoms with Gasteiger partial charge in [0.2, 0.25) is 0 Å². The van der Waals surface area contributed by atoms with Crippen molar-refractivity contribution in [1.82, 2.24) is 0 Å². The summed E-state index contributed by atoms with van der Waals surface area (Å²) in [6, 6.07) is 2.73. The molecule has 1 aliphatic heterocycles. The van der Waals surface area contributed by atoms with Crippen LogP contribution in [0.4, 0.5) is 4.39 Å². The van der Waals surface area contributed by atoms with Crippen LogP contribution in [-0.4, -0.2) is 10.9 Å². The Balaban J connectivity index is 2.00. The molecule has 1 heterocycles. The summed E-state index contributed by atoms with van der Waals surface area (Å²) in [6.45, 7) is 0. The lowest BCUT2D eigenvalue weighted by Crippen LogP contribution is -2.37. The van der Waals surface area contributed by atoms with E-state index in [2.05, 4.69) is 0 Å². The fourth-order valence-electron chi connectivity index (χ4n) is 2.31. The van der Waals surface area contributed by atoms with Crippen LogP contribution in [0.5, 0.6) is 5.75 Å². The molecule has 0 saturated heterocycles. The Morgan fingerprint density at radius 2 is 2.00 bits per heavy atom. The predicted molar refractivity (Wildman–Crippen MR) is 54.1 cm³/mol. The second-order valence-electron chi connectivity index (χ2n) is 4.16. The SMILES string of the molecule is Oc1cc(F)c2c(c1)CCC1(C2)OC=CO1. The third-order valence-electron chi connectivity index (χ3n) is 3.12. The molecule has 0 unspecified atom stereocenters. The van der Waals surface area contributed by atoms with Gasteiger partial charge in [-0.2, -0.15) is 0 Å². The van der Waals surface area contributed by atoms with Crippen molar-refractivity contribution >= 4 is 0 Å². The number of phenolic OH excluding ortho intramolecular Hbond substituents is 1. The fraction of sp³-hybridized carbons (Fsp3) is 0.333. The van der Waals surface area contributed by atoms with E-state index in [4.69, 9.17) is 9.47 Å². The summed E-state index contributed by atoms with van der Waals surface area (Å²) in [5.74, 6) is -1.16. The highest BCUT2D eigenvalue weighted by Gasteiger charge is 2.40. The van der Waals surface area contributed by atoms with E-state index in [1.54, 1.807) is 6.07 Å². The normalized spacial score (nSPS) is 20.3. The van der Waals surface area contributed by atoms with Gasteiger partial charge in [0.1, 0.15) is 24.1 Å². The lowest BCUT2D eigenvalue weighted by atomic mass is 9.86. The zero-order chi connectivity index (χ0) is 11.2. The van der Waals surface area contributed by atoms with E-state index in [0.29, 0.717) is 24.8 Å². The van der Waals surface area contributed by atoms with Crippen molar-refractivity contribution in [3.63, 3.8) is 0 Å². The molecule has 0 bridgehead atoms. The molecule has 0 saturated carbocycles. The number of benzene rings is 1. The van der Waals surface area contributed by atoms with E-state index in [-0.39, 0.29) is 5.75 Å². The Labute approximate surface area is 92.1 Å². The van der Waals surface area contributed by atoms with Crippen LogP contribution in [-0.2, 0) is 22.3 Å². The Kier molecular flexibility index (Phi) is 1.87. The van der Waals surface area contributed by atoms with Gasteiger partial charge >= 0.3 is 0 Å². The van der Waals surface area contributed by atoms with E-state index in [9.17, 15) is 9.50 Å². The van der Waals surface area contributed by atoms with Gasteiger partial charge in [-0.05, 0) is 23.6 Å². The number of aryl methyl sites for hydroxylation is 1. The number of fused-ring (bicyclic) bond motifs is 1. The van der Waals surface area contributed by atoms with E-state index in [1.165, 1.54) is 12.5 Å². The summed E-state index contributed by atoms with van der Waals surface area (Å²) >= 11 is 0. The van der Waals surface area contributed by atoms with Crippen LogP contribution in [0.15, 0.2) is 24.7 Å². The van der Waals surface area contributed by atoms with Gasteiger partial charge in [0.25, 0.3) is 5.79 Å². The Morgan fingerprint density at radius 1 is 1.25 bits per heavy atom. The van der Waals surface area contributed by atoms with Crippen molar-refractivity contribution in [3.05, 3.63) is 41.6 Å². The maximum atomic E-state index is 13.7. The van der Waals surface area contributed by atoms with Gasteiger partial charge in [0.15, 0.2) is 0 Å². The molecule has 0 radical (unpaired) electrons. The second kappa shape index (κ2) is 3.14. The lowest BCUT2D eigenvalue weighted by molar-refractivity contribution is -0.149. The first-order chi connectivity index (χ1) is 7.69. The molecule has 16 heavy (non-hydrogen) atoms. The van der Waals surface area contributed by atoms with Crippen LogP contribution in [0.3, 0.4) is 0 Å². The molecule has 0 aromatic heterocycles. The Morgan fingerprint density at radius 3 is 2.75 bits per heavy atom. The van der Waals surface area contributed by atoms with Crippen molar-refractivity contribution in [3.8, 4) is 5.75 Å². The number of phenols is 1. The number of aromatic hydroxyl groups is 1. The third-order valence-corrected chi connectivity index (χ3v) is 3.12. The molecule has 3 rings (SSSR count). The van der Waals surface area contributed by atoms with Crippen molar-refractivity contribution in [2.24, 2.45) is 0 Å². The monoisotopic (exact) mass is 222 g/mol. The molecule has 0 fully saturated rings. The summed E-state index contributed by atoms with van der Waals surface area (Å²) in [4.78, 5) is 0. The minimum Gasteiger partial charge on any atom is -0.508 e. The minimum absolute atomic E-state index is 0.0291. The van der Waals surface area contributed by atoms with Gasteiger partial charge in [-0.15, -0.1) is 0 Å². The first kappa shape index (κ1) is 9.51. The highest BCUT2D eigenvalue weighted by Crippen LogP contribution is 2.37. The largest absolute Gasteiger partial charge is 0.508 e. The number of ether oxygens (including phenoxy) is 2. The number of hydrogen-bond acceptors (Lipinski definition) is 3. The summed E-state index contributed by atoms with van der Waals surface area (Å²) in [5.41, 5.74) is 1.41. The summed E-state index contributed by atoms with van der Waals surface area (Å²) in [6.07, 6.45) is 4.66. The minimum atomic E-state index is -0.731.